The van der Waals surface area contributed by atoms with Gasteiger partial charge in [-0.1, -0.05) is 0 Å². The van der Waals surface area contributed by atoms with Crippen molar-refractivity contribution in [3.05, 3.63) is 0 Å². The molecule has 0 aromatic heterocycles. The van der Waals surface area contributed by atoms with E-state index in [4.69, 9.17) is 4.55 Å². The second kappa shape index (κ2) is 4.45. The van der Waals surface area contributed by atoms with E-state index in [1.165, 1.54) is 0 Å². The lowest BCUT2D eigenvalue weighted by atomic mass is 10.1. The monoisotopic (exact) mass is 213 g/mol. The van der Waals surface area contributed by atoms with Gasteiger partial charge in [-0.3, -0.25) is 4.55 Å². The van der Waals surface area contributed by atoms with Crippen molar-refractivity contribution in [2.24, 2.45) is 0 Å². The Morgan fingerprint density at radius 1 is 1.42 bits per heavy atom. The van der Waals surface area contributed by atoms with Crippen molar-refractivity contribution in [3.63, 3.8) is 0 Å². The Labute approximate surface area is 77.3 Å². The van der Waals surface area contributed by atoms with E-state index in [0.29, 0.717) is 23.1 Å². The highest BCUT2D eigenvalue weighted by Gasteiger charge is 2.09. The van der Waals surface area contributed by atoms with Crippen LogP contribution in [-0.2, 0) is 9.15 Å². The van der Waals surface area contributed by atoms with Gasteiger partial charge in [-0.2, -0.15) is 8.42 Å². The van der Waals surface area contributed by atoms with Gasteiger partial charge in [-0.05, 0) is 31.6 Å². The zero-order valence-corrected chi connectivity index (χ0v) is 9.13. The summed E-state index contributed by atoms with van der Waals surface area (Å²) >= 11 is 0. The van der Waals surface area contributed by atoms with Crippen molar-refractivity contribution in [1.29, 1.82) is 0 Å². The molecule has 0 aromatic carbocycles. The first-order chi connectivity index (χ1) is 5.21. The minimum atomic E-state index is -3.87. The molecular weight excluding hydrogens is 198 g/mol. The van der Waals surface area contributed by atoms with Crippen LogP contribution < -0.4 is 5.32 Å². The molecule has 0 aliphatic rings. The van der Waals surface area contributed by atoms with Crippen LogP contribution in [0, 0.1) is 0 Å². The topological polar surface area (TPSA) is 66.4 Å². The molecule has 0 radical (unpaired) electrons. The van der Waals surface area contributed by atoms with Crippen molar-refractivity contribution in [2.45, 2.75) is 26.3 Å². The molecule has 0 heterocycles. The van der Waals surface area contributed by atoms with E-state index in [2.05, 4.69) is 5.32 Å². The molecule has 0 unspecified atom stereocenters. The molecule has 0 aliphatic heterocycles. The molecule has 12 heavy (non-hydrogen) atoms. The number of hydrogen-bond acceptors (Lipinski definition) is 4. The summed E-state index contributed by atoms with van der Waals surface area (Å²) in [4.78, 5) is 0. The maximum Gasteiger partial charge on any atom is 0.319 e. The zero-order chi connectivity index (χ0) is 9.83. The van der Waals surface area contributed by atoms with E-state index in [0.717, 1.165) is 0 Å². The van der Waals surface area contributed by atoms with Gasteiger partial charge >= 0.3 is 9.15 Å². The van der Waals surface area contributed by atoms with Gasteiger partial charge in [0.1, 0.15) is 0 Å². The average Bonchev–Trinajstić information content (AvgIpc) is 1.76. The predicted octanol–water partition coefficient (Wildman–Crippen LogP) is 0.911. The largest absolute Gasteiger partial charge is 0.319 e. The molecule has 74 valence electrons. The second-order valence-corrected chi connectivity index (χ2v) is 6.90. The first kappa shape index (κ1) is 12.2. The highest BCUT2D eigenvalue weighted by molar-refractivity contribution is 8.69. The molecule has 4 nitrogen and oxygen atoms in total. The normalized spacial score (nSPS) is 13.3. The van der Waals surface area contributed by atoms with Gasteiger partial charge in [0.25, 0.3) is 0 Å². The number of nitrogens with one attached hydrogen (secondary N) is 1. The Kier molecular flexibility index (Phi) is 4.54. The van der Waals surface area contributed by atoms with Gasteiger partial charge in [-0.25, -0.2) is 0 Å². The van der Waals surface area contributed by atoms with Crippen molar-refractivity contribution in [1.82, 2.24) is 5.32 Å². The van der Waals surface area contributed by atoms with Crippen LogP contribution >= 0.6 is 10.8 Å². The third-order valence-corrected chi connectivity index (χ3v) is 3.05. The maximum atomic E-state index is 10.2. The number of hydrogen-bond donors (Lipinski definition) is 2. The van der Waals surface area contributed by atoms with Gasteiger partial charge < -0.3 is 5.32 Å². The van der Waals surface area contributed by atoms with Crippen LogP contribution in [0.3, 0.4) is 0 Å². The molecule has 0 saturated carbocycles. The minimum Gasteiger partial charge on any atom is -0.311 e. The molecule has 0 saturated heterocycles. The van der Waals surface area contributed by atoms with Crippen LogP contribution in [0.15, 0.2) is 0 Å². The standard InChI is InChI=1S/C6H15NO3S2/c1-6(2,3)7-4-5-11-12(8,9)10/h7H,4-5H2,1-3H3,(H,8,9,10). The van der Waals surface area contributed by atoms with E-state index in [9.17, 15) is 8.42 Å². The molecule has 0 aromatic rings. The van der Waals surface area contributed by atoms with Crippen LogP contribution in [0.25, 0.3) is 0 Å². The first-order valence-corrected chi connectivity index (χ1v) is 6.52. The third kappa shape index (κ3) is 10.2. The van der Waals surface area contributed by atoms with E-state index in [-0.39, 0.29) is 5.54 Å². The molecule has 2 N–H and O–H groups in total. The maximum absolute atomic E-state index is 10.2. The Hall–Kier alpha value is 0.220. The van der Waals surface area contributed by atoms with Crippen LogP contribution in [-0.4, -0.2) is 30.8 Å². The Morgan fingerprint density at radius 3 is 2.25 bits per heavy atom. The van der Waals surface area contributed by atoms with Crippen molar-refractivity contribution < 1.29 is 13.0 Å². The Bertz CT molecular complexity index is 217. The van der Waals surface area contributed by atoms with Crippen molar-refractivity contribution in [2.75, 3.05) is 12.3 Å². The predicted molar refractivity (Wildman–Crippen MR) is 51.8 cm³/mol. The lowest BCUT2D eigenvalue weighted by molar-refractivity contribution is 0.441. The smallest absolute Gasteiger partial charge is 0.311 e. The van der Waals surface area contributed by atoms with Gasteiger partial charge in [0.05, 0.1) is 0 Å². The summed E-state index contributed by atoms with van der Waals surface area (Å²) in [5.74, 6) is 0.357. The summed E-state index contributed by atoms with van der Waals surface area (Å²) in [5, 5.41) is 3.10. The van der Waals surface area contributed by atoms with Crippen LogP contribution in [0.1, 0.15) is 20.8 Å². The van der Waals surface area contributed by atoms with E-state index in [1.807, 2.05) is 20.8 Å². The Morgan fingerprint density at radius 2 is 1.92 bits per heavy atom. The van der Waals surface area contributed by atoms with Crippen molar-refractivity contribution >= 4 is 19.9 Å². The van der Waals surface area contributed by atoms with Gasteiger partial charge in [-0.15, -0.1) is 0 Å². The lowest BCUT2D eigenvalue weighted by Crippen LogP contribution is -2.37. The summed E-state index contributed by atoms with van der Waals surface area (Å²) in [7, 11) is -3.33. The molecular formula is C6H15NO3S2. The summed E-state index contributed by atoms with van der Waals surface area (Å²) in [6.07, 6.45) is 0. The molecule has 6 heteroatoms. The molecule has 0 aliphatic carbocycles. The third-order valence-electron chi connectivity index (χ3n) is 0.990. The van der Waals surface area contributed by atoms with Gasteiger partial charge in [0.2, 0.25) is 0 Å². The first-order valence-electron chi connectivity index (χ1n) is 3.57. The second-order valence-electron chi connectivity index (χ2n) is 3.43. The summed E-state index contributed by atoms with van der Waals surface area (Å²) in [5.41, 5.74) is -0.0141. The van der Waals surface area contributed by atoms with Crippen LogP contribution in [0.2, 0.25) is 0 Å². The lowest BCUT2D eigenvalue weighted by Gasteiger charge is -2.19. The SMILES string of the molecule is CC(C)(C)NCCSS(=O)(=O)O. The van der Waals surface area contributed by atoms with Crippen LogP contribution in [0.5, 0.6) is 0 Å². The van der Waals surface area contributed by atoms with Gasteiger partial charge in [0.15, 0.2) is 0 Å². The average molecular weight is 213 g/mol. The highest BCUT2D eigenvalue weighted by Crippen LogP contribution is 2.08. The molecule has 0 bridgehead atoms. The fourth-order valence-electron chi connectivity index (χ4n) is 0.573. The molecule has 0 fully saturated rings. The van der Waals surface area contributed by atoms with Crippen LogP contribution in [0.4, 0.5) is 0 Å². The zero-order valence-electron chi connectivity index (χ0n) is 7.49. The molecule has 0 rings (SSSR count). The fraction of sp³-hybridized carbons (Fsp3) is 1.00. The fourth-order valence-corrected chi connectivity index (χ4v) is 1.85. The quantitative estimate of drug-likeness (QED) is 0.413. The number of rotatable bonds is 4. The molecule has 0 atom stereocenters. The Balaban J connectivity index is 3.48. The summed E-state index contributed by atoms with van der Waals surface area (Å²) in [6.45, 7) is 6.54. The van der Waals surface area contributed by atoms with E-state index < -0.39 is 9.15 Å². The summed E-state index contributed by atoms with van der Waals surface area (Å²) < 4.78 is 28.8. The minimum absolute atomic E-state index is 0.0141. The van der Waals surface area contributed by atoms with E-state index >= 15 is 0 Å². The highest BCUT2D eigenvalue weighted by atomic mass is 33.1. The molecule has 0 spiro atoms. The van der Waals surface area contributed by atoms with E-state index in [1.54, 1.807) is 0 Å². The van der Waals surface area contributed by atoms with Gasteiger partial charge in [0, 0.05) is 17.8 Å². The summed E-state index contributed by atoms with van der Waals surface area (Å²) in [6, 6.07) is 0. The molecule has 0 amide bonds. The van der Waals surface area contributed by atoms with Crippen molar-refractivity contribution in [3.8, 4) is 0 Å².